The molecule has 1 N–H and O–H groups in total. The Kier molecular flexibility index (Phi) is 7.68. The van der Waals surface area contributed by atoms with Gasteiger partial charge in [0.2, 0.25) is 11.7 Å². The predicted octanol–water partition coefficient (Wildman–Crippen LogP) is 6.41. The van der Waals surface area contributed by atoms with Crippen molar-refractivity contribution in [3.05, 3.63) is 106 Å². The number of ketones is 1. The molecule has 0 radical (unpaired) electrons. The molecule has 5 nitrogen and oxygen atoms in total. The fraction of sp³-hybridized carbons (Fsp3) is 0.111. The van der Waals surface area contributed by atoms with Gasteiger partial charge in [0.25, 0.3) is 0 Å². The van der Waals surface area contributed by atoms with Gasteiger partial charge in [-0.25, -0.2) is 12.8 Å². The molecule has 4 aromatic rings. The molecule has 0 saturated heterocycles. The summed E-state index contributed by atoms with van der Waals surface area (Å²) in [6.07, 6.45) is 0.0179. The first-order valence-electron chi connectivity index (χ1n) is 11.0. The molecule has 36 heavy (non-hydrogen) atoms. The molecule has 0 unspecified atom stereocenters. The maximum Gasteiger partial charge on any atom is 0.229 e. The monoisotopic (exact) mass is 541 g/mol. The molecule has 1 aromatic heterocycles. The maximum atomic E-state index is 13.5. The summed E-state index contributed by atoms with van der Waals surface area (Å²) in [5, 5.41) is 3.56. The van der Waals surface area contributed by atoms with Gasteiger partial charge in [-0.15, -0.1) is 11.3 Å². The molecule has 0 aliphatic rings. The Balaban J connectivity index is 1.60. The number of nitrogens with one attached hydrogen (secondary N) is 1. The summed E-state index contributed by atoms with van der Waals surface area (Å²) in [5.74, 6) is -1.04. The molecular weight excluding hydrogens is 521 g/mol. The second-order valence-corrected chi connectivity index (χ2v) is 11.7. The fourth-order valence-electron chi connectivity index (χ4n) is 3.58. The largest absolute Gasteiger partial charge is 0.317 e. The molecule has 1 amide bonds. The van der Waals surface area contributed by atoms with Crippen molar-refractivity contribution in [3.63, 3.8) is 0 Å². The highest BCUT2D eigenvalue weighted by molar-refractivity contribution is 7.91. The Hall–Kier alpha value is -3.33. The smallest absolute Gasteiger partial charge is 0.229 e. The summed E-state index contributed by atoms with van der Waals surface area (Å²) >= 11 is 7.35. The first kappa shape index (κ1) is 25.8. The molecule has 0 aliphatic carbocycles. The van der Waals surface area contributed by atoms with Gasteiger partial charge in [-0.05, 0) is 53.6 Å². The third-order valence-corrected chi connectivity index (χ3v) is 8.63. The zero-order valence-corrected chi connectivity index (χ0v) is 21.5. The number of sulfone groups is 1. The van der Waals surface area contributed by atoms with E-state index in [1.165, 1.54) is 24.3 Å². The Labute approximate surface area is 217 Å². The minimum absolute atomic E-state index is 0.00313. The van der Waals surface area contributed by atoms with Crippen molar-refractivity contribution >= 4 is 49.5 Å². The van der Waals surface area contributed by atoms with Gasteiger partial charge >= 0.3 is 0 Å². The van der Waals surface area contributed by atoms with Crippen LogP contribution in [-0.4, -0.2) is 25.9 Å². The zero-order chi connectivity index (χ0) is 25.9. The number of carbonyl (C=O) groups excluding carboxylic acids is 2. The summed E-state index contributed by atoms with van der Waals surface area (Å²) in [6, 6.07) is 20.3. The Morgan fingerprint density at radius 3 is 2.28 bits per heavy atom. The van der Waals surface area contributed by atoms with Crippen LogP contribution in [0.15, 0.2) is 83.8 Å². The van der Waals surface area contributed by atoms with Crippen molar-refractivity contribution in [1.29, 1.82) is 0 Å². The van der Waals surface area contributed by atoms with Crippen LogP contribution < -0.4 is 5.32 Å². The van der Waals surface area contributed by atoms with E-state index in [2.05, 4.69) is 5.32 Å². The van der Waals surface area contributed by atoms with E-state index in [-0.39, 0.29) is 28.8 Å². The van der Waals surface area contributed by atoms with Crippen LogP contribution in [0.3, 0.4) is 0 Å². The van der Waals surface area contributed by atoms with Crippen molar-refractivity contribution in [1.82, 2.24) is 0 Å². The maximum absolute atomic E-state index is 13.5. The molecular formula is C27H21ClFNO4S2. The van der Waals surface area contributed by atoms with E-state index in [1.807, 2.05) is 0 Å². The molecule has 9 heteroatoms. The number of hydrogen-bond donors (Lipinski definition) is 1. The van der Waals surface area contributed by atoms with Gasteiger partial charge in [0.1, 0.15) is 5.82 Å². The highest BCUT2D eigenvalue weighted by atomic mass is 35.5. The van der Waals surface area contributed by atoms with Crippen LogP contribution >= 0.6 is 22.9 Å². The molecule has 0 aliphatic heterocycles. The minimum atomic E-state index is -3.32. The van der Waals surface area contributed by atoms with Crippen LogP contribution in [0.2, 0.25) is 5.02 Å². The van der Waals surface area contributed by atoms with Gasteiger partial charge < -0.3 is 5.32 Å². The lowest BCUT2D eigenvalue weighted by Gasteiger charge is -2.05. The summed E-state index contributed by atoms with van der Waals surface area (Å²) < 4.78 is 37.5. The van der Waals surface area contributed by atoms with Crippen molar-refractivity contribution in [2.45, 2.75) is 18.2 Å². The Morgan fingerprint density at radius 1 is 0.972 bits per heavy atom. The van der Waals surface area contributed by atoms with Crippen molar-refractivity contribution in [2.75, 3.05) is 11.1 Å². The number of rotatable bonds is 8. The third-order valence-electron chi connectivity index (χ3n) is 5.50. The molecule has 3 aromatic carbocycles. The number of hydrogen-bond acceptors (Lipinski definition) is 5. The van der Waals surface area contributed by atoms with Crippen molar-refractivity contribution in [3.8, 4) is 11.1 Å². The number of carbonyl (C=O) groups is 2. The molecule has 0 saturated carbocycles. The van der Waals surface area contributed by atoms with Gasteiger partial charge in [-0.2, -0.15) is 0 Å². The van der Waals surface area contributed by atoms with E-state index < -0.39 is 15.7 Å². The molecule has 0 bridgehead atoms. The summed E-state index contributed by atoms with van der Waals surface area (Å²) in [4.78, 5) is 26.7. The lowest BCUT2D eigenvalue weighted by Crippen LogP contribution is -2.13. The zero-order valence-electron chi connectivity index (χ0n) is 19.1. The lowest BCUT2D eigenvalue weighted by atomic mass is 10.0. The topological polar surface area (TPSA) is 80.3 Å². The number of anilines is 1. The van der Waals surface area contributed by atoms with Gasteiger partial charge in [-0.3, -0.25) is 9.59 Å². The van der Waals surface area contributed by atoms with E-state index in [1.54, 1.807) is 61.5 Å². The van der Waals surface area contributed by atoms with Crippen LogP contribution in [0.5, 0.6) is 0 Å². The fourth-order valence-corrected chi connectivity index (χ4v) is 5.74. The third kappa shape index (κ3) is 5.73. The summed E-state index contributed by atoms with van der Waals surface area (Å²) in [5.41, 5.74) is 2.14. The molecule has 0 fully saturated rings. The first-order chi connectivity index (χ1) is 17.2. The Morgan fingerprint density at radius 2 is 1.64 bits per heavy atom. The molecule has 1 heterocycles. The molecule has 184 valence electrons. The average Bonchev–Trinajstić information content (AvgIpc) is 3.28. The molecule has 0 spiro atoms. The second-order valence-electron chi connectivity index (χ2n) is 7.94. The summed E-state index contributed by atoms with van der Waals surface area (Å²) in [6.45, 7) is 1.57. The van der Waals surface area contributed by atoms with E-state index >= 15 is 0 Å². The summed E-state index contributed by atoms with van der Waals surface area (Å²) in [7, 11) is -3.32. The van der Waals surface area contributed by atoms with Crippen molar-refractivity contribution in [2.24, 2.45) is 0 Å². The van der Waals surface area contributed by atoms with E-state index in [4.69, 9.17) is 11.6 Å². The van der Waals surface area contributed by atoms with E-state index in [0.29, 0.717) is 37.2 Å². The molecule has 4 rings (SSSR count). The minimum Gasteiger partial charge on any atom is -0.317 e. The van der Waals surface area contributed by atoms with Gasteiger partial charge in [0.15, 0.2) is 9.84 Å². The van der Waals surface area contributed by atoms with Crippen LogP contribution in [0.4, 0.5) is 9.39 Å². The second kappa shape index (κ2) is 10.7. The lowest BCUT2D eigenvalue weighted by molar-refractivity contribution is -0.115. The number of thiophene rings is 1. The SMILES string of the molecule is CCS(=O)(=O)c1ccc(CC(=O)Nc2cc(-c3ccc(F)cc3)c(C(=O)c3ccccc3Cl)s2)cc1. The van der Waals surface area contributed by atoms with E-state index in [0.717, 1.165) is 11.3 Å². The number of halogens is 2. The normalized spacial score (nSPS) is 11.3. The quantitative estimate of drug-likeness (QED) is 0.261. The number of benzene rings is 3. The first-order valence-corrected chi connectivity index (χ1v) is 13.8. The van der Waals surface area contributed by atoms with Gasteiger partial charge in [0, 0.05) is 11.1 Å². The highest BCUT2D eigenvalue weighted by Gasteiger charge is 2.22. The molecule has 0 atom stereocenters. The Bertz CT molecular complexity index is 1530. The van der Waals surface area contributed by atoms with Gasteiger partial charge in [-0.1, -0.05) is 54.9 Å². The van der Waals surface area contributed by atoms with Crippen LogP contribution in [-0.2, 0) is 21.1 Å². The van der Waals surface area contributed by atoms with Crippen LogP contribution in [0.1, 0.15) is 27.7 Å². The van der Waals surface area contributed by atoms with Gasteiger partial charge in [0.05, 0.1) is 32.0 Å². The van der Waals surface area contributed by atoms with E-state index in [9.17, 15) is 22.4 Å². The standard InChI is InChI=1S/C27H21ClFNO4S2/c1-2-36(33,34)20-13-7-17(8-14-20)15-24(31)30-25-16-22(18-9-11-19(29)12-10-18)27(35-25)26(32)21-5-3-4-6-23(21)28/h3-14,16H,2,15H2,1H3,(H,30,31). The average molecular weight is 542 g/mol. The van der Waals surface area contributed by atoms with Crippen molar-refractivity contribution < 1.29 is 22.4 Å². The predicted molar refractivity (Wildman–Crippen MR) is 141 cm³/mol. The number of amides is 1. The van der Waals surface area contributed by atoms with Crippen LogP contribution in [0, 0.1) is 5.82 Å². The van der Waals surface area contributed by atoms with Crippen LogP contribution in [0.25, 0.3) is 11.1 Å². The highest BCUT2D eigenvalue weighted by Crippen LogP contribution is 2.37.